The molecule has 5 nitrogen and oxygen atoms in total. The smallest absolute Gasteiger partial charge is 0.328 e. The van der Waals surface area contributed by atoms with Crippen LogP contribution in [-0.2, 0) is 30.4 Å². The van der Waals surface area contributed by atoms with Gasteiger partial charge in [0.1, 0.15) is 0 Å². The maximum absolute atomic E-state index is 12.2. The van der Waals surface area contributed by atoms with Gasteiger partial charge in [0.2, 0.25) is 0 Å². The van der Waals surface area contributed by atoms with Crippen molar-refractivity contribution >= 4 is 23.3 Å². The number of cyclic esters (lactones) is 2. The highest BCUT2D eigenvalue weighted by Gasteiger charge is 2.46. The van der Waals surface area contributed by atoms with Gasteiger partial charge in [-0.05, 0) is 25.0 Å². The lowest BCUT2D eigenvalue weighted by atomic mass is 9.94. The molecule has 1 aliphatic heterocycles. The van der Waals surface area contributed by atoms with Gasteiger partial charge in [0.25, 0.3) is 5.79 Å². The molecule has 1 aromatic heterocycles. The van der Waals surface area contributed by atoms with Gasteiger partial charge in [0.15, 0.2) is 5.92 Å². The Balaban J connectivity index is 2.46. The third-order valence-corrected chi connectivity index (χ3v) is 4.26. The van der Waals surface area contributed by atoms with Crippen molar-refractivity contribution in [3.05, 3.63) is 20.9 Å². The number of esters is 2. The van der Waals surface area contributed by atoms with Gasteiger partial charge < -0.3 is 14.2 Å². The zero-order valence-corrected chi connectivity index (χ0v) is 13.1. The molecule has 1 saturated heterocycles. The fourth-order valence-electron chi connectivity index (χ4n) is 2.40. The minimum absolute atomic E-state index is 0.353. The maximum atomic E-state index is 12.2. The van der Waals surface area contributed by atoms with Crippen molar-refractivity contribution in [1.29, 1.82) is 0 Å². The summed E-state index contributed by atoms with van der Waals surface area (Å²) in [5.74, 6) is -3.35. The first-order valence-corrected chi connectivity index (χ1v) is 7.12. The van der Waals surface area contributed by atoms with Crippen LogP contribution in [0.25, 0.3) is 0 Å². The average molecular weight is 298 g/mol. The van der Waals surface area contributed by atoms with Crippen molar-refractivity contribution in [2.45, 2.75) is 46.0 Å². The van der Waals surface area contributed by atoms with Crippen molar-refractivity contribution < 1.29 is 23.8 Å². The molecular formula is C14H18O5S. The maximum Gasteiger partial charge on any atom is 0.328 e. The number of rotatable bonds is 3. The van der Waals surface area contributed by atoms with Crippen LogP contribution < -0.4 is 0 Å². The number of hydrogen-bond acceptors (Lipinski definition) is 6. The van der Waals surface area contributed by atoms with Crippen LogP contribution in [0.5, 0.6) is 0 Å². The number of methoxy groups -OCH3 is 1. The van der Waals surface area contributed by atoms with Gasteiger partial charge in [0, 0.05) is 30.7 Å². The largest absolute Gasteiger partial charge is 0.422 e. The molecule has 20 heavy (non-hydrogen) atoms. The Morgan fingerprint density at radius 2 is 1.70 bits per heavy atom. The minimum Gasteiger partial charge on any atom is -0.422 e. The average Bonchev–Trinajstić information content (AvgIpc) is 2.54. The summed E-state index contributed by atoms with van der Waals surface area (Å²) >= 11 is 1.54. The fourth-order valence-corrected chi connectivity index (χ4v) is 3.51. The van der Waals surface area contributed by atoms with Crippen LogP contribution in [0.2, 0.25) is 0 Å². The third-order valence-electron chi connectivity index (χ3n) is 3.18. The predicted molar refractivity (Wildman–Crippen MR) is 73.5 cm³/mol. The van der Waals surface area contributed by atoms with E-state index >= 15 is 0 Å². The molecule has 0 aliphatic carbocycles. The molecule has 0 radical (unpaired) electrons. The van der Waals surface area contributed by atoms with E-state index in [2.05, 4.69) is 0 Å². The summed E-state index contributed by atoms with van der Waals surface area (Å²) in [7, 11) is 1.58. The normalized spacial score (nSPS) is 18.9. The molecule has 0 N–H and O–H groups in total. The second-order valence-corrected chi connectivity index (χ2v) is 6.64. The number of hydrogen-bond donors (Lipinski definition) is 0. The van der Waals surface area contributed by atoms with E-state index in [1.807, 2.05) is 13.8 Å². The van der Waals surface area contributed by atoms with Crippen LogP contribution in [0.15, 0.2) is 0 Å². The molecule has 0 aromatic carbocycles. The summed E-state index contributed by atoms with van der Waals surface area (Å²) in [4.78, 5) is 26.3. The standard InChI is InChI=1S/C14H18O5S/c1-7-9(6-17-5)10(8(2)20-7)11-12(15)18-14(3,4)19-13(11)16/h11H,6H2,1-5H3. The van der Waals surface area contributed by atoms with Crippen LogP contribution >= 0.6 is 11.3 Å². The van der Waals surface area contributed by atoms with Gasteiger partial charge >= 0.3 is 11.9 Å². The van der Waals surface area contributed by atoms with Crippen molar-refractivity contribution in [2.24, 2.45) is 0 Å². The first kappa shape index (κ1) is 15.0. The van der Waals surface area contributed by atoms with E-state index in [4.69, 9.17) is 14.2 Å². The molecule has 110 valence electrons. The van der Waals surface area contributed by atoms with E-state index in [-0.39, 0.29) is 0 Å². The Labute approximate surface area is 121 Å². The number of carbonyl (C=O) groups is 2. The third kappa shape index (κ3) is 2.58. The minimum atomic E-state index is -1.20. The van der Waals surface area contributed by atoms with Crippen LogP contribution in [-0.4, -0.2) is 24.8 Å². The van der Waals surface area contributed by atoms with Crippen LogP contribution in [0.1, 0.15) is 40.6 Å². The van der Waals surface area contributed by atoms with E-state index in [1.165, 1.54) is 11.3 Å². The van der Waals surface area contributed by atoms with E-state index in [1.54, 1.807) is 21.0 Å². The Morgan fingerprint density at radius 3 is 2.20 bits per heavy atom. The van der Waals surface area contributed by atoms with Gasteiger partial charge in [-0.1, -0.05) is 0 Å². The van der Waals surface area contributed by atoms with Gasteiger partial charge in [-0.2, -0.15) is 0 Å². The topological polar surface area (TPSA) is 61.8 Å². The second kappa shape index (κ2) is 5.18. The second-order valence-electron chi connectivity index (χ2n) is 5.21. The quantitative estimate of drug-likeness (QED) is 0.633. The molecule has 1 fully saturated rings. The molecule has 2 heterocycles. The first-order chi connectivity index (χ1) is 9.26. The molecule has 0 unspecified atom stereocenters. The van der Waals surface area contributed by atoms with Gasteiger partial charge in [-0.15, -0.1) is 11.3 Å². The molecular weight excluding hydrogens is 280 g/mol. The lowest BCUT2D eigenvalue weighted by Gasteiger charge is -2.33. The number of thiophene rings is 1. The lowest BCUT2D eigenvalue weighted by molar-refractivity contribution is -0.234. The van der Waals surface area contributed by atoms with Crippen molar-refractivity contribution in [3.8, 4) is 0 Å². The molecule has 0 bridgehead atoms. The van der Waals surface area contributed by atoms with E-state index < -0.39 is 23.6 Å². The zero-order valence-electron chi connectivity index (χ0n) is 12.2. The zero-order chi connectivity index (χ0) is 15.1. The van der Waals surface area contributed by atoms with E-state index in [0.717, 1.165) is 15.3 Å². The summed E-state index contributed by atoms with van der Waals surface area (Å²) in [5, 5.41) is 0. The Hall–Kier alpha value is -1.40. The molecule has 1 aromatic rings. The molecule has 2 rings (SSSR count). The highest BCUT2D eigenvalue weighted by atomic mass is 32.1. The van der Waals surface area contributed by atoms with Crippen molar-refractivity contribution in [2.75, 3.05) is 7.11 Å². The summed E-state index contributed by atoms with van der Waals surface area (Å²) in [5.41, 5.74) is 1.54. The Kier molecular flexibility index (Phi) is 3.88. The van der Waals surface area contributed by atoms with Gasteiger partial charge in [-0.3, -0.25) is 9.59 Å². The number of carbonyl (C=O) groups excluding carboxylic acids is 2. The van der Waals surface area contributed by atoms with Crippen LogP contribution in [0.4, 0.5) is 0 Å². The fraction of sp³-hybridized carbons (Fsp3) is 0.571. The first-order valence-electron chi connectivity index (χ1n) is 6.30. The van der Waals surface area contributed by atoms with Crippen molar-refractivity contribution in [3.63, 3.8) is 0 Å². The molecule has 0 amide bonds. The highest BCUT2D eigenvalue weighted by molar-refractivity contribution is 7.12. The molecule has 6 heteroatoms. The molecule has 0 saturated carbocycles. The SMILES string of the molecule is COCc1c(C)sc(C)c1C1C(=O)OC(C)(C)OC1=O. The molecule has 0 spiro atoms. The predicted octanol–water partition coefficient (Wildman–Crippen LogP) is 2.43. The monoisotopic (exact) mass is 298 g/mol. The Morgan fingerprint density at radius 1 is 1.15 bits per heavy atom. The number of aryl methyl sites for hydroxylation is 2. The molecule has 0 atom stereocenters. The van der Waals surface area contributed by atoms with Crippen LogP contribution in [0.3, 0.4) is 0 Å². The lowest BCUT2D eigenvalue weighted by Crippen LogP contribution is -2.45. The Bertz CT molecular complexity index is 538. The van der Waals surface area contributed by atoms with Crippen LogP contribution in [0, 0.1) is 13.8 Å². The summed E-state index contributed by atoms with van der Waals surface area (Å²) in [6, 6.07) is 0. The number of ether oxygens (including phenoxy) is 3. The van der Waals surface area contributed by atoms with Gasteiger partial charge in [-0.25, -0.2) is 0 Å². The molecule has 1 aliphatic rings. The summed E-state index contributed by atoms with van der Waals surface area (Å²) in [6.07, 6.45) is 0. The highest BCUT2D eigenvalue weighted by Crippen LogP contribution is 2.38. The van der Waals surface area contributed by atoms with Gasteiger partial charge in [0.05, 0.1) is 6.61 Å². The summed E-state index contributed by atoms with van der Waals surface area (Å²) < 4.78 is 15.5. The van der Waals surface area contributed by atoms with Crippen molar-refractivity contribution in [1.82, 2.24) is 0 Å². The van der Waals surface area contributed by atoms with E-state index in [9.17, 15) is 9.59 Å². The van der Waals surface area contributed by atoms with E-state index in [0.29, 0.717) is 12.2 Å². The summed E-state index contributed by atoms with van der Waals surface area (Å²) in [6.45, 7) is 7.26.